The van der Waals surface area contributed by atoms with Crippen molar-refractivity contribution in [3.63, 3.8) is 0 Å². The van der Waals surface area contributed by atoms with Crippen molar-refractivity contribution >= 4 is 23.1 Å². The molecular weight excluding hydrogens is 302 g/mol. The van der Waals surface area contributed by atoms with Crippen molar-refractivity contribution in [3.05, 3.63) is 59.2 Å². The molecule has 0 saturated heterocycles. The molecule has 0 spiro atoms. The number of hydrogen-bond acceptors (Lipinski definition) is 3. The lowest BCUT2D eigenvalue weighted by atomic mass is 9.96. The van der Waals surface area contributed by atoms with Gasteiger partial charge >= 0.3 is 0 Å². The predicted molar refractivity (Wildman–Crippen MR) is 83.0 cm³/mol. The van der Waals surface area contributed by atoms with E-state index >= 15 is 0 Å². The van der Waals surface area contributed by atoms with E-state index in [1.165, 1.54) is 6.07 Å². The molecule has 1 heterocycles. The minimum absolute atomic E-state index is 0.0134. The van der Waals surface area contributed by atoms with Crippen LogP contribution in [0.3, 0.4) is 0 Å². The lowest BCUT2D eigenvalue weighted by Crippen LogP contribution is -2.31. The first-order valence-corrected chi connectivity index (χ1v) is 7.11. The Bertz CT molecular complexity index is 805. The number of halogens is 2. The molecule has 0 aliphatic carbocycles. The highest BCUT2D eigenvalue weighted by molar-refractivity contribution is 6.13. The highest BCUT2D eigenvalue weighted by atomic mass is 19.2. The molecule has 2 aromatic carbocycles. The molecule has 6 heteroatoms. The average Bonchev–Trinajstić information content (AvgIpc) is 2.54. The molecule has 1 N–H and O–H groups in total. The van der Waals surface area contributed by atoms with E-state index < -0.39 is 17.5 Å². The number of nitrogens with zero attached hydrogens (tertiary/aromatic N) is 1. The second-order valence-corrected chi connectivity index (χ2v) is 5.38. The summed E-state index contributed by atoms with van der Waals surface area (Å²) in [6.07, 6.45) is 0.401. The zero-order valence-corrected chi connectivity index (χ0v) is 12.4. The Balaban J connectivity index is 1.95. The normalized spacial score (nSPS) is 13.7. The van der Waals surface area contributed by atoms with Gasteiger partial charge in [0.25, 0.3) is 5.91 Å². The molecule has 0 radical (unpaired) electrons. The molecule has 0 bridgehead atoms. The summed E-state index contributed by atoms with van der Waals surface area (Å²) in [5, 5.41) is 2.53. The summed E-state index contributed by atoms with van der Waals surface area (Å²) in [5.74, 6) is -2.51. The van der Waals surface area contributed by atoms with Crippen molar-refractivity contribution in [2.45, 2.75) is 6.42 Å². The second kappa shape index (κ2) is 5.79. The Labute approximate surface area is 131 Å². The summed E-state index contributed by atoms with van der Waals surface area (Å²) in [5.41, 5.74) is 1.53. The molecule has 0 atom stereocenters. The molecule has 4 nitrogen and oxygen atoms in total. The van der Waals surface area contributed by atoms with E-state index in [4.69, 9.17) is 0 Å². The van der Waals surface area contributed by atoms with E-state index in [0.717, 1.165) is 12.1 Å². The van der Waals surface area contributed by atoms with Gasteiger partial charge in [-0.2, -0.15) is 0 Å². The maximum Gasteiger partial charge on any atom is 0.257 e. The number of ketones is 1. The molecule has 0 aromatic heterocycles. The zero-order valence-electron chi connectivity index (χ0n) is 12.4. The lowest BCUT2D eigenvalue weighted by Gasteiger charge is -2.28. The quantitative estimate of drug-likeness (QED) is 0.925. The van der Waals surface area contributed by atoms with Crippen LogP contribution in [0.2, 0.25) is 0 Å². The van der Waals surface area contributed by atoms with Gasteiger partial charge in [-0.15, -0.1) is 0 Å². The topological polar surface area (TPSA) is 49.4 Å². The number of fused-ring (bicyclic) bond motifs is 1. The van der Waals surface area contributed by atoms with Gasteiger partial charge in [0, 0.05) is 37.3 Å². The van der Waals surface area contributed by atoms with Crippen molar-refractivity contribution in [2.75, 3.05) is 23.8 Å². The molecule has 2 aromatic rings. The van der Waals surface area contributed by atoms with Gasteiger partial charge in [-0.25, -0.2) is 8.78 Å². The standard InChI is InChI=1S/C17H14F2N2O2/c1-21-8-7-15(22)11-3-2-4-12(16(11)21)17(23)20-10-5-6-13(18)14(19)9-10/h2-6,9H,7-8H2,1H3,(H,20,23). The number of nitrogens with one attached hydrogen (secondary N) is 1. The van der Waals surface area contributed by atoms with Crippen LogP contribution in [0.1, 0.15) is 27.1 Å². The first-order chi connectivity index (χ1) is 11.0. The Morgan fingerprint density at radius 2 is 1.96 bits per heavy atom. The number of para-hydroxylation sites is 1. The van der Waals surface area contributed by atoms with Gasteiger partial charge in [-0.3, -0.25) is 9.59 Å². The first-order valence-electron chi connectivity index (χ1n) is 7.11. The number of anilines is 2. The molecular formula is C17H14F2N2O2. The SMILES string of the molecule is CN1CCC(=O)c2cccc(C(=O)Nc3ccc(F)c(F)c3)c21. The largest absolute Gasteiger partial charge is 0.373 e. The second-order valence-electron chi connectivity index (χ2n) is 5.38. The smallest absolute Gasteiger partial charge is 0.257 e. The summed E-state index contributed by atoms with van der Waals surface area (Å²) >= 11 is 0. The van der Waals surface area contributed by atoms with E-state index in [1.54, 1.807) is 25.2 Å². The molecule has 23 heavy (non-hydrogen) atoms. The third-order valence-corrected chi connectivity index (χ3v) is 3.81. The van der Waals surface area contributed by atoms with Crippen LogP contribution < -0.4 is 10.2 Å². The maximum atomic E-state index is 13.2. The van der Waals surface area contributed by atoms with Gasteiger partial charge in [-0.1, -0.05) is 6.07 Å². The van der Waals surface area contributed by atoms with E-state index in [1.807, 2.05) is 4.90 Å². The van der Waals surface area contributed by atoms with Gasteiger partial charge in [0.15, 0.2) is 17.4 Å². The number of carbonyl (C=O) groups excluding carboxylic acids is 2. The first kappa shape index (κ1) is 15.1. The summed E-state index contributed by atoms with van der Waals surface area (Å²) in [7, 11) is 1.81. The van der Waals surface area contributed by atoms with Gasteiger partial charge < -0.3 is 10.2 Å². The molecule has 0 fully saturated rings. The van der Waals surface area contributed by atoms with Crippen molar-refractivity contribution in [3.8, 4) is 0 Å². The maximum absolute atomic E-state index is 13.2. The molecule has 118 valence electrons. The van der Waals surface area contributed by atoms with Crippen LogP contribution >= 0.6 is 0 Å². The number of Topliss-reactive ketones (excluding diaryl/α,β-unsaturated/α-hetero) is 1. The van der Waals surface area contributed by atoms with Crippen molar-refractivity contribution in [1.29, 1.82) is 0 Å². The van der Waals surface area contributed by atoms with E-state index in [-0.39, 0.29) is 11.5 Å². The molecule has 1 aliphatic rings. The monoisotopic (exact) mass is 316 g/mol. The fourth-order valence-electron chi connectivity index (χ4n) is 2.65. The Hall–Kier alpha value is -2.76. The number of rotatable bonds is 2. The molecule has 1 amide bonds. The van der Waals surface area contributed by atoms with Gasteiger partial charge in [0.05, 0.1) is 11.3 Å². The molecule has 3 rings (SSSR count). The van der Waals surface area contributed by atoms with Gasteiger partial charge in [-0.05, 0) is 24.3 Å². The van der Waals surface area contributed by atoms with Crippen LogP contribution in [0.4, 0.5) is 20.2 Å². The third kappa shape index (κ3) is 2.79. The van der Waals surface area contributed by atoms with E-state index in [2.05, 4.69) is 5.32 Å². The van der Waals surface area contributed by atoms with Crippen LogP contribution in [0.5, 0.6) is 0 Å². The van der Waals surface area contributed by atoms with E-state index in [9.17, 15) is 18.4 Å². The summed E-state index contributed by atoms with van der Waals surface area (Å²) in [6.45, 7) is 0.529. The number of hydrogen-bond donors (Lipinski definition) is 1. The molecule has 0 unspecified atom stereocenters. The Morgan fingerprint density at radius 1 is 1.17 bits per heavy atom. The van der Waals surface area contributed by atoms with Crippen molar-refractivity contribution < 1.29 is 18.4 Å². The lowest BCUT2D eigenvalue weighted by molar-refractivity contribution is 0.0980. The molecule has 1 aliphatic heterocycles. The third-order valence-electron chi connectivity index (χ3n) is 3.81. The number of benzene rings is 2. The highest BCUT2D eigenvalue weighted by Gasteiger charge is 2.25. The van der Waals surface area contributed by atoms with Crippen LogP contribution in [0, 0.1) is 11.6 Å². The zero-order chi connectivity index (χ0) is 16.6. The van der Waals surface area contributed by atoms with Gasteiger partial charge in [0.2, 0.25) is 0 Å². The Morgan fingerprint density at radius 3 is 2.70 bits per heavy atom. The summed E-state index contributed by atoms with van der Waals surface area (Å²) < 4.78 is 26.2. The van der Waals surface area contributed by atoms with Crippen molar-refractivity contribution in [1.82, 2.24) is 0 Å². The number of amides is 1. The fraction of sp³-hybridized carbons (Fsp3) is 0.176. The van der Waals surface area contributed by atoms with Crippen LogP contribution in [0.25, 0.3) is 0 Å². The minimum atomic E-state index is -1.04. The highest BCUT2D eigenvalue weighted by Crippen LogP contribution is 2.30. The number of carbonyl (C=O) groups is 2. The van der Waals surface area contributed by atoms with Crippen LogP contribution in [-0.2, 0) is 0 Å². The minimum Gasteiger partial charge on any atom is -0.373 e. The average molecular weight is 316 g/mol. The summed E-state index contributed by atoms with van der Waals surface area (Å²) in [4.78, 5) is 26.3. The predicted octanol–water partition coefficient (Wildman–Crippen LogP) is 3.24. The van der Waals surface area contributed by atoms with E-state index in [0.29, 0.717) is 29.8 Å². The van der Waals surface area contributed by atoms with Gasteiger partial charge in [0.1, 0.15) is 0 Å². The molecule has 0 saturated carbocycles. The van der Waals surface area contributed by atoms with Crippen LogP contribution in [0.15, 0.2) is 36.4 Å². The Kier molecular flexibility index (Phi) is 3.82. The van der Waals surface area contributed by atoms with Crippen LogP contribution in [-0.4, -0.2) is 25.3 Å². The fourth-order valence-corrected chi connectivity index (χ4v) is 2.65. The van der Waals surface area contributed by atoms with Crippen molar-refractivity contribution in [2.24, 2.45) is 0 Å². The summed E-state index contributed by atoms with van der Waals surface area (Å²) in [6, 6.07) is 8.06.